The molecular formula is C12H19ClN2OS. The van der Waals surface area contributed by atoms with Gasteiger partial charge in [-0.3, -0.25) is 0 Å². The molecule has 0 fully saturated rings. The van der Waals surface area contributed by atoms with Gasteiger partial charge in [0.25, 0.3) is 0 Å². The molecule has 0 bridgehead atoms. The quantitative estimate of drug-likeness (QED) is 0.865. The van der Waals surface area contributed by atoms with E-state index in [0.29, 0.717) is 11.1 Å². The third kappa shape index (κ3) is 3.76. The van der Waals surface area contributed by atoms with Crippen molar-refractivity contribution < 1.29 is 5.11 Å². The number of hydrogen-bond acceptors (Lipinski definition) is 4. The number of hydrogen-bond donors (Lipinski definition) is 1. The molecule has 1 heterocycles. The Kier molecular flexibility index (Phi) is 6.09. The first kappa shape index (κ1) is 14.6. The van der Waals surface area contributed by atoms with Crippen molar-refractivity contribution in [3.63, 3.8) is 0 Å². The van der Waals surface area contributed by atoms with Crippen LogP contribution in [0.2, 0.25) is 5.02 Å². The molecule has 0 saturated heterocycles. The van der Waals surface area contributed by atoms with Crippen molar-refractivity contribution >= 4 is 29.2 Å². The van der Waals surface area contributed by atoms with Crippen LogP contribution in [-0.2, 0) is 6.61 Å². The Bertz CT molecular complexity index is 362. The molecular weight excluding hydrogens is 256 g/mol. The number of aromatic nitrogens is 1. The van der Waals surface area contributed by atoms with Crippen LogP contribution in [0.25, 0.3) is 0 Å². The summed E-state index contributed by atoms with van der Waals surface area (Å²) >= 11 is 7.76. The average molecular weight is 275 g/mol. The highest BCUT2D eigenvalue weighted by Gasteiger charge is 2.14. The van der Waals surface area contributed by atoms with Gasteiger partial charge in [0, 0.05) is 30.6 Å². The van der Waals surface area contributed by atoms with Gasteiger partial charge in [-0.15, -0.1) is 0 Å². The smallest absolute Gasteiger partial charge is 0.128 e. The standard InChI is InChI=1S/C12H19ClN2OS/c1-4-10(8-17-3)15(2)12-5-9(7-16)11(13)6-14-12/h5-6,10,16H,4,7-8H2,1-3H3. The van der Waals surface area contributed by atoms with Gasteiger partial charge in [0.15, 0.2) is 0 Å². The van der Waals surface area contributed by atoms with Crippen LogP contribution in [0.4, 0.5) is 5.82 Å². The zero-order chi connectivity index (χ0) is 12.8. The van der Waals surface area contributed by atoms with Gasteiger partial charge in [-0.25, -0.2) is 4.98 Å². The average Bonchev–Trinajstić information content (AvgIpc) is 2.35. The van der Waals surface area contributed by atoms with Gasteiger partial charge in [-0.2, -0.15) is 11.8 Å². The molecule has 0 aliphatic carbocycles. The van der Waals surface area contributed by atoms with E-state index in [1.54, 1.807) is 6.20 Å². The monoisotopic (exact) mass is 274 g/mol. The predicted octanol–water partition coefficient (Wildman–Crippen LogP) is 2.81. The fraction of sp³-hybridized carbons (Fsp3) is 0.583. The van der Waals surface area contributed by atoms with Crippen molar-refractivity contribution in [1.29, 1.82) is 0 Å². The molecule has 1 atom stereocenters. The number of aliphatic hydroxyl groups excluding tert-OH is 1. The van der Waals surface area contributed by atoms with Crippen LogP contribution in [0, 0.1) is 0 Å². The van der Waals surface area contributed by atoms with Crippen LogP contribution in [0.15, 0.2) is 12.3 Å². The fourth-order valence-electron chi connectivity index (χ4n) is 1.66. The van der Waals surface area contributed by atoms with E-state index >= 15 is 0 Å². The number of anilines is 1. The lowest BCUT2D eigenvalue weighted by molar-refractivity contribution is 0.282. The molecule has 5 heteroatoms. The van der Waals surface area contributed by atoms with E-state index in [2.05, 4.69) is 23.1 Å². The first-order valence-electron chi connectivity index (χ1n) is 5.61. The van der Waals surface area contributed by atoms with E-state index in [0.717, 1.165) is 23.6 Å². The van der Waals surface area contributed by atoms with Gasteiger partial charge in [-0.1, -0.05) is 18.5 Å². The van der Waals surface area contributed by atoms with E-state index in [4.69, 9.17) is 11.6 Å². The third-order valence-corrected chi connectivity index (χ3v) is 3.89. The van der Waals surface area contributed by atoms with Crippen molar-refractivity contribution in [2.75, 3.05) is 24.0 Å². The van der Waals surface area contributed by atoms with Crippen molar-refractivity contribution in [2.45, 2.75) is 26.0 Å². The van der Waals surface area contributed by atoms with Gasteiger partial charge in [-0.05, 0) is 18.7 Å². The molecule has 1 aromatic rings. The van der Waals surface area contributed by atoms with Gasteiger partial charge >= 0.3 is 0 Å². The minimum absolute atomic E-state index is 0.0541. The highest BCUT2D eigenvalue weighted by Crippen LogP contribution is 2.22. The number of thioether (sulfide) groups is 1. The van der Waals surface area contributed by atoms with Crippen molar-refractivity contribution in [2.24, 2.45) is 0 Å². The van der Waals surface area contributed by atoms with Gasteiger partial charge in [0.2, 0.25) is 0 Å². The second-order valence-electron chi connectivity index (χ2n) is 3.92. The molecule has 0 saturated carbocycles. The Morgan fingerprint density at radius 3 is 2.82 bits per heavy atom. The van der Waals surface area contributed by atoms with Crippen molar-refractivity contribution in [3.05, 3.63) is 22.8 Å². The Balaban J connectivity index is 2.90. The van der Waals surface area contributed by atoms with E-state index in [1.165, 1.54) is 0 Å². The zero-order valence-corrected chi connectivity index (χ0v) is 12.1. The number of pyridine rings is 1. The van der Waals surface area contributed by atoms with Crippen LogP contribution in [0.1, 0.15) is 18.9 Å². The Morgan fingerprint density at radius 1 is 1.59 bits per heavy atom. The number of rotatable bonds is 6. The minimum atomic E-state index is -0.0541. The highest BCUT2D eigenvalue weighted by molar-refractivity contribution is 7.98. The highest BCUT2D eigenvalue weighted by atomic mass is 35.5. The van der Waals surface area contributed by atoms with Gasteiger partial charge in [0.1, 0.15) is 5.82 Å². The molecule has 0 amide bonds. The summed E-state index contributed by atoms with van der Waals surface area (Å²) < 4.78 is 0. The minimum Gasteiger partial charge on any atom is -0.392 e. The summed E-state index contributed by atoms with van der Waals surface area (Å²) in [4.78, 5) is 6.46. The topological polar surface area (TPSA) is 36.4 Å². The van der Waals surface area contributed by atoms with Crippen LogP contribution in [0.5, 0.6) is 0 Å². The molecule has 3 nitrogen and oxygen atoms in total. The molecule has 96 valence electrons. The van der Waals surface area contributed by atoms with Crippen LogP contribution in [0.3, 0.4) is 0 Å². The Morgan fingerprint density at radius 2 is 2.29 bits per heavy atom. The summed E-state index contributed by atoms with van der Waals surface area (Å²) in [6.45, 7) is 2.11. The third-order valence-electron chi connectivity index (χ3n) is 2.83. The molecule has 0 aliphatic rings. The molecule has 0 radical (unpaired) electrons. The Labute approximate surface area is 112 Å². The number of halogens is 1. The van der Waals surface area contributed by atoms with Gasteiger partial charge in [0.05, 0.1) is 11.6 Å². The molecule has 0 aliphatic heterocycles. The second-order valence-corrected chi connectivity index (χ2v) is 5.24. The van der Waals surface area contributed by atoms with E-state index < -0.39 is 0 Å². The molecule has 1 aromatic heterocycles. The maximum Gasteiger partial charge on any atom is 0.128 e. The lowest BCUT2D eigenvalue weighted by Crippen LogP contribution is -2.33. The first-order valence-corrected chi connectivity index (χ1v) is 7.38. The summed E-state index contributed by atoms with van der Waals surface area (Å²) in [5, 5.41) is 9.71. The van der Waals surface area contributed by atoms with E-state index in [9.17, 15) is 5.11 Å². The SMILES string of the molecule is CCC(CSC)N(C)c1cc(CO)c(Cl)cn1. The number of nitrogens with zero attached hydrogens (tertiary/aromatic N) is 2. The van der Waals surface area contributed by atoms with Gasteiger partial charge < -0.3 is 10.0 Å². The fourth-order valence-corrected chi connectivity index (χ4v) is 2.67. The van der Waals surface area contributed by atoms with Crippen molar-refractivity contribution in [3.8, 4) is 0 Å². The molecule has 17 heavy (non-hydrogen) atoms. The maximum absolute atomic E-state index is 9.19. The van der Waals surface area contributed by atoms with Crippen LogP contribution >= 0.6 is 23.4 Å². The molecule has 0 spiro atoms. The summed E-state index contributed by atoms with van der Waals surface area (Å²) in [6.07, 6.45) is 4.77. The van der Waals surface area contributed by atoms with Crippen molar-refractivity contribution in [1.82, 2.24) is 4.98 Å². The lowest BCUT2D eigenvalue weighted by atomic mass is 10.2. The number of aliphatic hydroxyl groups is 1. The summed E-state index contributed by atoms with van der Waals surface area (Å²) in [5.41, 5.74) is 0.725. The van der Waals surface area contributed by atoms with Crippen LogP contribution in [-0.4, -0.2) is 35.2 Å². The predicted molar refractivity (Wildman–Crippen MR) is 76.0 cm³/mol. The molecule has 1 rings (SSSR count). The van der Waals surface area contributed by atoms with E-state index in [1.807, 2.05) is 24.9 Å². The van der Waals surface area contributed by atoms with E-state index in [-0.39, 0.29) is 6.61 Å². The Hall–Kier alpha value is -0.450. The summed E-state index contributed by atoms with van der Waals surface area (Å²) in [5.74, 6) is 1.92. The second kappa shape index (κ2) is 7.09. The van der Waals surface area contributed by atoms with Crippen LogP contribution < -0.4 is 4.90 Å². The molecule has 1 unspecified atom stereocenters. The summed E-state index contributed by atoms with van der Waals surface area (Å²) in [6, 6.07) is 2.30. The zero-order valence-electron chi connectivity index (χ0n) is 10.5. The largest absolute Gasteiger partial charge is 0.392 e. The normalized spacial score (nSPS) is 12.5. The summed E-state index contributed by atoms with van der Waals surface area (Å²) in [7, 11) is 2.03. The lowest BCUT2D eigenvalue weighted by Gasteiger charge is -2.28. The first-order chi connectivity index (χ1) is 8.13. The maximum atomic E-state index is 9.19. The molecule has 1 N–H and O–H groups in total. The molecule has 0 aromatic carbocycles.